The zero-order valence-electron chi connectivity index (χ0n) is 12.3. The minimum Gasteiger partial charge on any atom is -0.364 e. The molecule has 0 saturated heterocycles. The van der Waals surface area contributed by atoms with Crippen LogP contribution in [0, 0.1) is 0 Å². The number of anilines is 1. The van der Waals surface area contributed by atoms with Crippen molar-refractivity contribution in [3.63, 3.8) is 0 Å². The van der Waals surface area contributed by atoms with Gasteiger partial charge < -0.3 is 10.2 Å². The van der Waals surface area contributed by atoms with Gasteiger partial charge >= 0.3 is 0 Å². The van der Waals surface area contributed by atoms with Gasteiger partial charge in [0.05, 0.1) is 0 Å². The molecular weight excluding hydrogens is 300 g/mol. The minimum absolute atomic E-state index is 0.687. The quantitative estimate of drug-likeness (QED) is 0.797. The van der Waals surface area contributed by atoms with Crippen LogP contribution in [0.5, 0.6) is 0 Å². The highest BCUT2D eigenvalue weighted by atomic mass is 35.5. The average Bonchev–Trinajstić information content (AvgIpc) is 3.20. The summed E-state index contributed by atoms with van der Waals surface area (Å²) in [6.45, 7) is 4.97. The zero-order chi connectivity index (χ0) is 14.7. The Morgan fingerprint density at radius 3 is 2.86 bits per heavy atom. The number of benzene rings is 1. The molecule has 1 aliphatic carbocycles. The van der Waals surface area contributed by atoms with Gasteiger partial charge in [0.25, 0.3) is 0 Å². The molecule has 21 heavy (non-hydrogen) atoms. The van der Waals surface area contributed by atoms with Crippen LogP contribution in [0.1, 0.15) is 30.9 Å². The molecule has 1 aromatic heterocycles. The predicted molar refractivity (Wildman–Crippen MR) is 92.4 cm³/mol. The van der Waals surface area contributed by atoms with E-state index in [4.69, 9.17) is 11.6 Å². The second-order valence-electron chi connectivity index (χ2n) is 5.54. The summed E-state index contributed by atoms with van der Waals surface area (Å²) in [6, 6.07) is 9.20. The fourth-order valence-corrected chi connectivity index (χ4v) is 3.47. The Hall–Kier alpha value is -1.03. The monoisotopic (exact) mass is 320 g/mol. The van der Waals surface area contributed by atoms with Crippen LogP contribution < -0.4 is 10.2 Å². The molecule has 0 atom stereocenters. The molecule has 1 heterocycles. The highest BCUT2D eigenvalue weighted by Gasteiger charge is 2.30. The average molecular weight is 321 g/mol. The van der Waals surface area contributed by atoms with Crippen LogP contribution in [0.25, 0.3) is 0 Å². The molecule has 1 aromatic carbocycles. The molecule has 0 spiro atoms. The molecule has 0 radical (unpaired) electrons. The van der Waals surface area contributed by atoms with Gasteiger partial charge in [0.2, 0.25) is 0 Å². The second kappa shape index (κ2) is 6.82. The summed E-state index contributed by atoms with van der Waals surface area (Å²) in [5.74, 6) is 0. The van der Waals surface area contributed by atoms with Gasteiger partial charge in [-0.2, -0.15) is 11.3 Å². The molecule has 1 fully saturated rings. The third-order valence-corrected chi connectivity index (χ3v) is 4.80. The Bertz CT molecular complexity index is 578. The first kappa shape index (κ1) is 14.9. The van der Waals surface area contributed by atoms with Gasteiger partial charge in [0.15, 0.2) is 0 Å². The van der Waals surface area contributed by atoms with Crippen LogP contribution in [0.3, 0.4) is 0 Å². The van der Waals surface area contributed by atoms with Crippen LogP contribution in [-0.4, -0.2) is 12.6 Å². The summed E-state index contributed by atoms with van der Waals surface area (Å²) < 4.78 is 0. The highest BCUT2D eigenvalue weighted by Crippen LogP contribution is 2.36. The highest BCUT2D eigenvalue weighted by molar-refractivity contribution is 7.07. The zero-order valence-corrected chi connectivity index (χ0v) is 13.9. The molecule has 0 aliphatic heterocycles. The minimum atomic E-state index is 0.687. The van der Waals surface area contributed by atoms with Gasteiger partial charge in [-0.25, -0.2) is 0 Å². The maximum absolute atomic E-state index is 6.19. The molecule has 1 aliphatic rings. The second-order valence-corrected chi connectivity index (χ2v) is 6.76. The first-order valence-corrected chi connectivity index (χ1v) is 8.87. The molecule has 1 N–H and O–H groups in total. The predicted octanol–water partition coefficient (Wildman–Crippen LogP) is 4.68. The van der Waals surface area contributed by atoms with E-state index in [0.29, 0.717) is 6.04 Å². The van der Waals surface area contributed by atoms with Gasteiger partial charge in [-0.15, -0.1) is 0 Å². The Balaban J connectivity index is 1.87. The normalized spacial score (nSPS) is 14.4. The van der Waals surface area contributed by atoms with Crippen molar-refractivity contribution in [2.24, 2.45) is 0 Å². The third kappa shape index (κ3) is 3.79. The maximum Gasteiger partial charge on any atom is 0.0440 e. The van der Waals surface area contributed by atoms with Crippen LogP contribution in [-0.2, 0) is 13.1 Å². The lowest BCUT2D eigenvalue weighted by Gasteiger charge is -2.27. The molecule has 0 amide bonds. The first-order chi connectivity index (χ1) is 10.3. The van der Waals surface area contributed by atoms with Crippen molar-refractivity contribution in [2.75, 3.05) is 11.4 Å². The number of hydrogen-bond donors (Lipinski definition) is 1. The van der Waals surface area contributed by atoms with Crippen molar-refractivity contribution in [3.05, 3.63) is 51.2 Å². The Morgan fingerprint density at radius 1 is 1.33 bits per heavy atom. The molecular formula is C17H21ClN2S. The standard InChI is InChI=1S/C17H21ClN2S/c1-2-19-10-14-9-15(18)3-6-17(14)20(16-4-5-16)11-13-7-8-21-12-13/h3,6-9,12,16,19H,2,4-5,10-11H2,1H3. The topological polar surface area (TPSA) is 15.3 Å². The van der Waals surface area contributed by atoms with E-state index in [1.165, 1.54) is 29.7 Å². The molecule has 2 nitrogen and oxygen atoms in total. The summed E-state index contributed by atoms with van der Waals surface area (Å²) in [7, 11) is 0. The van der Waals surface area contributed by atoms with E-state index in [-0.39, 0.29) is 0 Å². The summed E-state index contributed by atoms with van der Waals surface area (Å²) in [5, 5.41) is 8.64. The van der Waals surface area contributed by atoms with Crippen LogP contribution >= 0.6 is 22.9 Å². The largest absolute Gasteiger partial charge is 0.364 e. The maximum atomic E-state index is 6.19. The van der Waals surface area contributed by atoms with Crippen molar-refractivity contribution >= 4 is 28.6 Å². The molecule has 112 valence electrons. The van der Waals surface area contributed by atoms with E-state index in [1.54, 1.807) is 11.3 Å². The SMILES string of the molecule is CCNCc1cc(Cl)ccc1N(Cc1ccsc1)C1CC1. The van der Waals surface area contributed by atoms with E-state index in [0.717, 1.165) is 24.7 Å². The van der Waals surface area contributed by atoms with Crippen LogP contribution in [0.15, 0.2) is 35.0 Å². The molecule has 1 saturated carbocycles. The molecule has 0 bridgehead atoms. The summed E-state index contributed by atoms with van der Waals surface area (Å²) in [6.07, 6.45) is 2.60. The van der Waals surface area contributed by atoms with Crippen LogP contribution in [0.2, 0.25) is 5.02 Å². The van der Waals surface area contributed by atoms with E-state index < -0.39 is 0 Å². The third-order valence-electron chi connectivity index (χ3n) is 3.84. The van der Waals surface area contributed by atoms with Crippen molar-refractivity contribution in [1.29, 1.82) is 0 Å². The number of nitrogens with one attached hydrogen (secondary N) is 1. The molecule has 2 aromatic rings. The number of rotatable bonds is 7. The van der Waals surface area contributed by atoms with Crippen molar-refractivity contribution in [1.82, 2.24) is 5.32 Å². The van der Waals surface area contributed by atoms with Gasteiger partial charge in [-0.3, -0.25) is 0 Å². The number of halogens is 1. The fraction of sp³-hybridized carbons (Fsp3) is 0.412. The van der Waals surface area contributed by atoms with Crippen molar-refractivity contribution in [2.45, 2.75) is 38.9 Å². The molecule has 0 unspecified atom stereocenters. The smallest absolute Gasteiger partial charge is 0.0440 e. The Morgan fingerprint density at radius 2 is 2.19 bits per heavy atom. The summed E-state index contributed by atoms with van der Waals surface area (Å²) in [5.41, 5.74) is 4.02. The van der Waals surface area contributed by atoms with E-state index in [2.05, 4.69) is 46.1 Å². The van der Waals surface area contributed by atoms with Gasteiger partial charge in [0.1, 0.15) is 0 Å². The molecule has 3 rings (SSSR count). The van der Waals surface area contributed by atoms with Crippen molar-refractivity contribution < 1.29 is 0 Å². The lowest BCUT2D eigenvalue weighted by molar-refractivity contribution is 0.715. The van der Waals surface area contributed by atoms with Crippen LogP contribution in [0.4, 0.5) is 5.69 Å². The van der Waals surface area contributed by atoms with Gasteiger partial charge in [-0.1, -0.05) is 18.5 Å². The lowest BCUT2D eigenvalue weighted by Crippen LogP contribution is -2.27. The number of nitrogens with zero attached hydrogens (tertiary/aromatic N) is 1. The van der Waals surface area contributed by atoms with E-state index in [9.17, 15) is 0 Å². The Labute approximate surface area is 135 Å². The van der Waals surface area contributed by atoms with Crippen molar-refractivity contribution in [3.8, 4) is 0 Å². The van der Waals surface area contributed by atoms with E-state index >= 15 is 0 Å². The lowest BCUT2D eigenvalue weighted by atomic mass is 10.1. The summed E-state index contributed by atoms with van der Waals surface area (Å²) >= 11 is 7.96. The molecule has 4 heteroatoms. The summed E-state index contributed by atoms with van der Waals surface area (Å²) in [4.78, 5) is 2.55. The van der Waals surface area contributed by atoms with E-state index in [1.807, 2.05) is 6.07 Å². The fourth-order valence-electron chi connectivity index (χ4n) is 2.61. The number of hydrogen-bond acceptors (Lipinski definition) is 3. The van der Waals surface area contributed by atoms with Gasteiger partial charge in [0, 0.05) is 29.8 Å². The Kier molecular flexibility index (Phi) is 4.84. The van der Waals surface area contributed by atoms with Gasteiger partial charge in [-0.05, 0) is 65.5 Å². The number of thiophene rings is 1. The first-order valence-electron chi connectivity index (χ1n) is 7.54.